The molecule has 1 aromatic heterocycles. The van der Waals surface area contributed by atoms with Crippen LogP contribution in [0.3, 0.4) is 0 Å². The first-order valence-corrected chi connectivity index (χ1v) is 7.23. The molecule has 0 unspecified atom stereocenters. The number of aromatic hydroxyl groups is 1. The van der Waals surface area contributed by atoms with Crippen LogP contribution < -0.4 is 0 Å². The Morgan fingerprint density at radius 3 is 2.68 bits per heavy atom. The fourth-order valence-corrected chi connectivity index (χ4v) is 2.70. The predicted molar refractivity (Wildman–Crippen MR) is 78.8 cm³/mol. The highest BCUT2D eigenvalue weighted by Gasteiger charge is 2.29. The molecule has 0 atom stereocenters. The van der Waals surface area contributed by atoms with Crippen LogP contribution in [-0.2, 0) is 0 Å². The Labute approximate surface area is 128 Å². The second-order valence-electron chi connectivity index (χ2n) is 4.48. The van der Waals surface area contributed by atoms with Gasteiger partial charge in [-0.25, -0.2) is 14.4 Å². The average Bonchev–Trinajstić information content (AvgIpc) is 3.20. The number of halogens is 3. The van der Waals surface area contributed by atoms with Gasteiger partial charge in [0, 0.05) is 11.5 Å². The fourth-order valence-electron chi connectivity index (χ4n) is 1.84. The van der Waals surface area contributed by atoms with E-state index < -0.39 is 5.82 Å². The van der Waals surface area contributed by atoms with Crippen LogP contribution in [0.4, 0.5) is 4.39 Å². The van der Waals surface area contributed by atoms with E-state index in [-0.39, 0.29) is 5.75 Å². The molecule has 0 amide bonds. The van der Waals surface area contributed by atoms with Gasteiger partial charge in [-0.3, -0.25) is 0 Å². The molecule has 1 aliphatic rings. The molecule has 19 heavy (non-hydrogen) atoms. The molecular formula is C13H9ClFIN2O. The van der Waals surface area contributed by atoms with Crippen LogP contribution in [0.1, 0.15) is 24.5 Å². The van der Waals surface area contributed by atoms with Crippen molar-refractivity contribution in [1.82, 2.24) is 9.97 Å². The maximum atomic E-state index is 13.4. The zero-order chi connectivity index (χ0) is 13.6. The van der Waals surface area contributed by atoms with Crippen molar-refractivity contribution < 1.29 is 9.50 Å². The highest BCUT2D eigenvalue weighted by atomic mass is 127. The normalized spacial score (nSPS) is 14.7. The summed E-state index contributed by atoms with van der Waals surface area (Å²) in [7, 11) is 0. The van der Waals surface area contributed by atoms with Gasteiger partial charge >= 0.3 is 0 Å². The summed E-state index contributed by atoms with van der Waals surface area (Å²) in [5.74, 6) is -0.245. The first-order chi connectivity index (χ1) is 9.06. The van der Waals surface area contributed by atoms with Gasteiger partial charge in [-0.05, 0) is 53.6 Å². The van der Waals surface area contributed by atoms with Crippen molar-refractivity contribution >= 4 is 34.2 Å². The van der Waals surface area contributed by atoms with Gasteiger partial charge in [0.1, 0.15) is 5.15 Å². The van der Waals surface area contributed by atoms with E-state index in [2.05, 4.69) is 32.6 Å². The van der Waals surface area contributed by atoms with Crippen LogP contribution in [0.15, 0.2) is 18.2 Å². The zero-order valence-electron chi connectivity index (χ0n) is 9.70. The number of aromatic nitrogens is 2. The average molecular weight is 391 g/mol. The van der Waals surface area contributed by atoms with Crippen LogP contribution >= 0.6 is 34.2 Å². The van der Waals surface area contributed by atoms with E-state index in [1.165, 1.54) is 12.1 Å². The lowest BCUT2D eigenvalue weighted by Gasteiger charge is -2.08. The molecule has 0 radical (unpaired) electrons. The maximum absolute atomic E-state index is 13.4. The quantitative estimate of drug-likeness (QED) is 0.620. The number of nitrogens with zero attached hydrogens (tertiary/aromatic N) is 2. The molecular weight excluding hydrogens is 382 g/mol. The molecule has 6 heteroatoms. The van der Waals surface area contributed by atoms with Crippen LogP contribution in [0.5, 0.6) is 5.75 Å². The lowest BCUT2D eigenvalue weighted by molar-refractivity contribution is 0.432. The summed E-state index contributed by atoms with van der Waals surface area (Å²) in [5, 5.41) is 9.59. The van der Waals surface area contributed by atoms with Crippen molar-refractivity contribution in [2.24, 2.45) is 0 Å². The summed E-state index contributed by atoms with van der Waals surface area (Å²) in [5.41, 5.74) is 1.44. The lowest BCUT2D eigenvalue weighted by Crippen LogP contribution is -1.99. The Morgan fingerprint density at radius 1 is 1.32 bits per heavy atom. The van der Waals surface area contributed by atoms with Crippen LogP contribution in [0.2, 0.25) is 5.15 Å². The summed E-state index contributed by atoms with van der Waals surface area (Å²) in [6.45, 7) is 0. The summed E-state index contributed by atoms with van der Waals surface area (Å²) < 4.78 is 14.2. The summed E-state index contributed by atoms with van der Waals surface area (Å²) >= 11 is 8.25. The predicted octanol–water partition coefficient (Wildman–Crippen LogP) is 4.12. The van der Waals surface area contributed by atoms with Crippen LogP contribution in [0, 0.1) is 9.39 Å². The number of hydrogen-bond donors (Lipinski definition) is 1. The number of phenols is 1. The molecule has 1 aromatic carbocycles. The molecule has 98 valence electrons. The van der Waals surface area contributed by atoms with Crippen molar-refractivity contribution in [3.8, 4) is 17.1 Å². The van der Waals surface area contributed by atoms with Gasteiger partial charge in [0.15, 0.2) is 17.4 Å². The molecule has 1 saturated carbocycles. The third kappa shape index (κ3) is 2.53. The summed E-state index contributed by atoms with van der Waals surface area (Å²) in [6.07, 6.45) is 2.21. The van der Waals surface area contributed by atoms with Gasteiger partial charge in [-0.2, -0.15) is 0 Å². The molecule has 3 rings (SSSR count). The molecule has 0 spiro atoms. The molecule has 0 bridgehead atoms. The number of benzene rings is 1. The molecule has 1 aliphatic carbocycles. The topological polar surface area (TPSA) is 46.0 Å². The first-order valence-electron chi connectivity index (χ1n) is 5.78. The van der Waals surface area contributed by atoms with E-state index in [9.17, 15) is 9.50 Å². The van der Waals surface area contributed by atoms with E-state index in [1.807, 2.05) is 0 Å². The molecule has 3 nitrogen and oxygen atoms in total. The van der Waals surface area contributed by atoms with Crippen molar-refractivity contribution in [1.29, 1.82) is 0 Å². The highest BCUT2D eigenvalue weighted by Crippen LogP contribution is 2.42. The molecule has 1 heterocycles. The summed E-state index contributed by atoms with van der Waals surface area (Å²) in [4.78, 5) is 8.67. The molecule has 0 aliphatic heterocycles. The Hall–Kier alpha value is -0.950. The fraction of sp³-hybridized carbons (Fsp3) is 0.231. The minimum Gasteiger partial charge on any atom is -0.505 e. The van der Waals surface area contributed by atoms with Gasteiger partial charge in [0.25, 0.3) is 0 Å². The van der Waals surface area contributed by atoms with E-state index in [0.717, 1.165) is 22.1 Å². The van der Waals surface area contributed by atoms with Crippen molar-refractivity contribution in [2.75, 3.05) is 0 Å². The van der Waals surface area contributed by atoms with Gasteiger partial charge < -0.3 is 5.11 Å². The first kappa shape index (κ1) is 13.1. The van der Waals surface area contributed by atoms with Gasteiger partial charge in [-0.15, -0.1) is 0 Å². The van der Waals surface area contributed by atoms with Crippen molar-refractivity contribution in [3.05, 3.63) is 38.4 Å². The van der Waals surface area contributed by atoms with Crippen LogP contribution in [0.25, 0.3) is 11.4 Å². The molecule has 1 fully saturated rings. The SMILES string of the molecule is Oc1ccc(-c2nc(Cl)c(I)c(C3CC3)n2)cc1F. The largest absolute Gasteiger partial charge is 0.505 e. The molecule has 0 saturated heterocycles. The third-order valence-corrected chi connectivity index (χ3v) is 4.66. The lowest BCUT2D eigenvalue weighted by atomic mass is 10.2. The van der Waals surface area contributed by atoms with E-state index in [4.69, 9.17) is 11.6 Å². The summed E-state index contributed by atoms with van der Waals surface area (Å²) in [6, 6.07) is 4.08. The standard InChI is InChI=1S/C13H9ClFIN2O/c14-12-10(16)11(6-1-2-6)17-13(18-12)7-3-4-9(19)8(15)5-7/h3-6,19H,1-2H2. The number of rotatable bonds is 2. The van der Waals surface area contributed by atoms with Gasteiger partial charge in [0.2, 0.25) is 0 Å². The second kappa shape index (κ2) is 4.86. The smallest absolute Gasteiger partial charge is 0.165 e. The number of phenolic OH excluding ortho intramolecular Hbond substituents is 1. The van der Waals surface area contributed by atoms with Gasteiger partial charge in [0.05, 0.1) is 9.26 Å². The van der Waals surface area contributed by atoms with E-state index >= 15 is 0 Å². The monoisotopic (exact) mass is 390 g/mol. The Bertz CT molecular complexity index is 661. The van der Waals surface area contributed by atoms with Gasteiger partial charge in [-0.1, -0.05) is 11.6 Å². The highest BCUT2D eigenvalue weighted by molar-refractivity contribution is 14.1. The Balaban J connectivity index is 2.11. The van der Waals surface area contributed by atoms with E-state index in [1.54, 1.807) is 6.07 Å². The van der Waals surface area contributed by atoms with Crippen molar-refractivity contribution in [2.45, 2.75) is 18.8 Å². The Kier molecular flexibility index (Phi) is 3.34. The molecule has 2 aromatic rings. The third-order valence-electron chi connectivity index (χ3n) is 3.01. The Morgan fingerprint density at radius 2 is 2.05 bits per heavy atom. The minimum absolute atomic E-state index is 0.386. The van der Waals surface area contributed by atoms with Crippen LogP contribution in [-0.4, -0.2) is 15.1 Å². The van der Waals surface area contributed by atoms with Crippen molar-refractivity contribution in [3.63, 3.8) is 0 Å². The number of hydrogen-bond acceptors (Lipinski definition) is 3. The minimum atomic E-state index is -0.691. The molecule has 1 N–H and O–H groups in total. The second-order valence-corrected chi connectivity index (χ2v) is 5.91. The zero-order valence-corrected chi connectivity index (χ0v) is 12.6. The maximum Gasteiger partial charge on any atom is 0.165 e. The van der Waals surface area contributed by atoms with E-state index in [0.29, 0.717) is 22.5 Å².